The zero-order valence-corrected chi connectivity index (χ0v) is 11.1. The molecule has 0 saturated carbocycles. The van der Waals surface area contributed by atoms with E-state index in [-0.39, 0.29) is 0 Å². The summed E-state index contributed by atoms with van der Waals surface area (Å²) in [5, 5.41) is 3.31. The molecule has 0 aliphatic carbocycles. The molecule has 0 aliphatic rings. The van der Waals surface area contributed by atoms with E-state index in [4.69, 9.17) is 0 Å². The van der Waals surface area contributed by atoms with Crippen molar-refractivity contribution in [1.29, 1.82) is 0 Å². The summed E-state index contributed by atoms with van der Waals surface area (Å²) in [5.41, 5.74) is 2.07. The Labute approximate surface area is 99.9 Å². The molecule has 0 aromatic rings. The average molecular weight is 223 g/mol. The van der Waals surface area contributed by atoms with Gasteiger partial charge in [-0.1, -0.05) is 19.6 Å². The first-order chi connectivity index (χ1) is 7.60. The minimum Gasteiger partial charge on any atom is -0.316 e. The van der Waals surface area contributed by atoms with Crippen LogP contribution in [0.4, 0.5) is 0 Å². The summed E-state index contributed by atoms with van der Waals surface area (Å²) in [6.45, 7) is 13.9. The van der Waals surface area contributed by atoms with Crippen molar-refractivity contribution in [2.45, 2.75) is 20.8 Å². The molecular formula is C13H25N3. The highest BCUT2D eigenvalue weighted by Gasteiger charge is 1.99. The minimum atomic E-state index is 0.842. The highest BCUT2D eigenvalue weighted by Crippen LogP contribution is 1.97. The van der Waals surface area contributed by atoms with Gasteiger partial charge in [-0.3, -0.25) is 4.99 Å². The fourth-order valence-electron chi connectivity index (χ4n) is 1.24. The van der Waals surface area contributed by atoms with Crippen molar-refractivity contribution in [3.63, 3.8) is 0 Å². The maximum Gasteiger partial charge on any atom is 0.0312 e. The minimum absolute atomic E-state index is 0.842. The molecular weight excluding hydrogens is 198 g/mol. The van der Waals surface area contributed by atoms with Crippen molar-refractivity contribution in [2.75, 3.05) is 33.2 Å². The van der Waals surface area contributed by atoms with Crippen molar-refractivity contribution >= 4 is 6.21 Å². The molecule has 0 bridgehead atoms. The summed E-state index contributed by atoms with van der Waals surface area (Å²) >= 11 is 0. The molecule has 0 fully saturated rings. The third-order valence-electron chi connectivity index (χ3n) is 2.19. The van der Waals surface area contributed by atoms with Gasteiger partial charge in [0.05, 0.1) is 0 Å². The van der Waals surface area contributed by atoms with Crippen molar-refractivity contribution in [1.82, 2.24) is 10.2 Å². The molecule has 0 radical (unpaired) electrons. The third-order valence-corrected chi connectivity index (χ3v) is 2.19. The van der Waals surface area contributed by atoms with Crippen molar-refractivity contribution in [3.8, 4) is 0 Å². The lowest BCUT2D eigenvalue weighted by Gasteiger charge is -2.16. The number of likely N-dealkylation sites (N-methyl/N-ethyl adjacent to an activating group) is 2. The molecule has 0 aromatic heterocycles. The predicted octanol–water partition coefficient (Wildman–Crippen LogP) is 2.08. The fourth-order valence-corrected chi connectivity index (χ4v) is 1.24. The number of nitrogens with one attached hydrogen (secondary N) is 1. The monoisotopic (exact) mass is 223 g/mol. The van der Waals surface area contributed by atoms with E-state index < -0.39 is 0 Å². The summed E-state index contributed by atoms with van der Waals surface area (Å²) in [4.78, 5) is 6.50. The lowest BCUT2D eigenvalue weighted by atomic mass is 10.2. The first-order valence-electron chi connectivity index (χ1n) is 5.84. The van der Waals surface area contributed by atoms with Crippen LogP contribution in [0.25, 0.3) is 0 Å². The summed E-state index contributed by atoms with van der Waals surface area (Å²) in [6, 6.07) is 0. The molecule has 0 heterocycles. The normalized spacial score (nSPS) is 12.7. The van der Waals surface area contributed by atoms with Crippen molar-refractivity contribution < 1.29 is 0 Å². The van der Waals surface area contributed by atoms with Crippen molar-refractivity contribution in [3.05, 3.63) is 23.9 Å². The highest BCUT2D eigenvalue weighted by molar-refractivity contribution is 5.79. The second-order valence-corrected chi connectivity index (χ2v) is 3.95. The Kier molecular flexibility index (Phi) is 8.77. The van der Waals surface area contributed by atoms with E-state index in [0.29, 0.717) is 0 Å². The molecule has 0 unspecified atom stereocenters. The maximum absolute atomic E-state index is 4.22. The Hall–Kier alpha value is -0.930. The molecule has 0 amide bonds. The molecule has 16 heavy (non-hydrogen) atoms. The van der Waals surface area contributed by atoms with Gasteiger partial charge in [-0.15, -0.1) is 0 Å². The van der Waals surface area contributed by atoms with Gasteiger partial charge in [-0.05, 0) is 33.0 Å². The molecule has 1 N–H and O–H groups in total. The van der Waals surface area contributed by atoms with Gasteiger partial charge in [0.1, 0.15) is 0 Å². The van der Waals surface area contributed by atoms with E-state index in [1.54, 1.807) is 0 Å². The number of rotatable bonds is 8. The Morgan fingerprint density at radius 1 is 1.50 bits per heavy atom. The largest absolute Gasteiger partial charge is 0.316 e. The van der Waals surface area contributed by atoms with Crippen LogP contribution in [0.15, 0.2) is 28.9 Å². The van der Waals surface area contributed by atoms with E-state index >= 15 is 0 Å². The lowest BCUT2D eigenvalue weighted by Crippen LogP contribution is -2.30. The SMILES string of the molecule is C=C(C)N=C/C(=C\C)CN(C)CCNCC. The second kappa shape index (κ2) is 9.31. The Morgan fingerprint density at radius 3 is 2.69 bits per heavy atom. The molecule has 0 saturated heterocycles. The number of aliphatic imine (C=N–C) groups is 1. The van der Waals surface area contributed by atoms with Gasteiger partial charge in [0.2, 0.25) is 0 Å². The highest BCUT2D eigenvalue weighted by atomic mass is 15.1. The van der Waals surface area contributed by atoms with Gasteiger partial charge in [0.15, 0.2) is 0 Å². The maximum atomic E-state index is 4.22. The van der Waals surface area contributed by atoms with Gasteiger partial charge < -0.3 is 10.2 Å². The first-order valence-corrected chi connectivity index (χ1v) is 5.84. The van der Waals surface area contributed by atoms with Crippen LogP contribution in [0, 0.1) is 0 Å². The molecule has 0 aliphatic heterocycles. The van der Waals surface area contributed by atoms with Crippen LogP contribution in [0.5, 0.6) is 0 Å². The van der Waals surface area contributed by atoms with Gasteiger partial charge in [0, 0.05) is 31.5 Å². The van der Waals surface area contributed by atoms with Crippen LogP contribution < -0.4 is 5.32 Å². The van der Waals surface area contributed by atoms with E-state index in [2.05, 4.69) is 41.8 Å². The molecule has 3 nitrogen and oxygen atoms in total. The summed E-state index contributed by atoms with van der Waals surface area (Å²) < 4.78 is 0. The Bertz CT molecular complexity index is 254. The average Bonchev–Trinajstić information content (AvgIpc) is 2.24. The number of hydrogen-bond donors (Lipinski definition) is 1. The van der Waals surface area contributed by atoms with Crippen molar-refractivity contribution in [2.24, 2.45) is 4.99 Å². The molecule has 0 atom stereocenters. The van der Waals surface area contributed by atoms with E-state index in [1.165, 1.54) is 5.57 Å². The standard InChI is InChI=1S/C13H25N3/c1-6-13(10-15-12(3)4)11-16(5)9-8-14-7-2/h6,10,14H,3,7-9,11H2,1-2,4-5H3/b13-6+,15-10?. The Balaban J connectivity index is 3.98. The Morgan fingerprint density at radius 2 is 2.19 bits per heavy atom. The second-order valence-electron chi connectivity index (χ2n) is 3.95. The topological polar surface area (TPSA) is 27.6 Å². The van der Waals surface area contributed by atoms with Gasteiger partial charge in [-0.2, -0.15) is 0 Å². The van der Waals surface area contributed by atoms with Gasteiger partial charge in [-0.25, -0.2) is 0 Å². The van der Waals surface area contributed by atoms with Gasteiger partial charge >= 0.3 is 0 Å². The molecule has 3 heteroatoms. The third kappa shape index (κ3) is 8.38. The number of hydrogen-bond acceptors (Lipinski definition) is 3. The van der Waals surface area contributed by atoms with Crippen LogP contribution >= 0.6 is 0 Å². The van der Waals surface area contributed by atoms with E-state index in [9.17, 15) is 0 Å². The zero-order valence-electron chi connectivity index (χ0n) is 11.1. The summed E-state index contributed by atoms with van der Waals surface area (Å²) in [6.07, 6.45) is 3.99. The van der Waals surface area contributed by atoms with Crippen LogP contribution in [-0.4, -0.2) is 44.3 Å². The van der Waals surface area contributed by atoms with Crippen LogP contribution in [0.2, 0.25) is 0 Å². The number of nitrogens with zero attached hydrogens (tertiary/aromatic N) is 2. The van der Waals surface area contributed by atoms with E-state index in [0.717, 1.165) is 31.9 Å². The molecule has 0 rings (SSSR count). The van der Waals surface area contributed by atoms with Crippen LogP contribution in [0.3, 0.4) is 0 Å². The predicted molar refractivity (Wildman–Crippen MR) is 73.1 cm³/mol. The van der Waals surface area contributed by atoms with Gasteiger partial charge in [0.25, 0.3) is 0 Å². The molecule has 0 aromatic carbocycles. The quantitative estimate of drug-likeness (QED) is 0.504. The summed E-state index contributed by atoms with van der Waals surface area (Å²) in [5.74, 6) is 0. The summed E-state index contributed by atoms with van der Waals surface area (Å²) in [7, 11) is 2.12. The zero-order chi connectivity index (χ0) is 12.4. The fraction of sp³-hybridized carbons (Fsp3) is 0.615. The van der Waals surface area contributed by atoms with E-state index in [1.807, 2.05) is 20.1 Å². The number of allylic oxidation sites excluding steroid dienone is 2. The van der Waals surface area contributed by atoms with Crippen LogP contribution in [0.1, 0.15) is 20.8 Å². The smallest absolute Gasteiger partial charge is 0.0312 e. The molecule has 0 spiro atoms. The lowest BCUT2D eigenvalue weighted by molar-refractivity contribution is 0.363. The molecule has 92 valence electrons. The van der Waals surface area contributed by atoms with Crippen LogP contribution in [-0.2, 0) is 0 Å². The first kappa shape index (κ1) is 15.1.